The molecule has 1 N–H and O–H groups in total. The van der Waals surface area contributed by atoms with Gasteiger partial charge in [-0.15, -0.1) is 0 Å². The molecule has 1 aliphatic carbocycles. The van der Waals surface area contributed by atoms with Crippen molar-refractivity contribution in [2.45, 2.75) is 51.1 Å². The van der Waals surface area contributed by atoms with Gasteiger partial charge < -0.3 is 5.11 Å². The Bertz CT molecular complexity index is 440. The summed E-state index contributed by atoms with van der Waals surface area (Å²) >= 11 is 5.90. The van der Waals surface area contributed by atoms with E-state index in [1.165, 1.54) is 18.4 Å². The SMILES string of the molecule is CC(Cc1ccc(Cl)cc1)N(CC(=O)O)C1CCCC1. The average molecular weight is 296 g/mol. The highest BCUT2D eigenvalue weighted by molar-refractivity contribution is 6.30. The van der Waals surface area contributed by atoms with Crippen LogP contribution in [0.4, 0.5) is 0 Å². The monoisotopic (exact) mass is 295 g/mol. The number of carboxylic acid groups (broad SMARTS) is 1. The molecule has 0 bridgehead atoms. The van der Waals surface area contributed by atoms with Gasteiger partial charge in [0.25, 0.3) is 0 Å². The van der Waals surface area contributed by atoms with Gasteiger partial charge in [-0.25, -0.2) is 0 Å². The van der Waals surface area contributed by atoms with Gasteiger partial charge in [0.15, 0.2) is 0 Å². The Hall–Kier alpha value is -1.06. The fraction of sp³-hybridized carbons (Fsp3) is 0.562. The van der Waals surface area contributed by atoms with E-state index >= 15 is 0 Å². The molecular weight excluding hydrogens is 274 g/mol. The maximum Gasteiger partial charge on any atom is 0.317 e. The molecule has 3 nitrogen and oxygen atoms in total. The van der Waals surface area contributed by atoms with E-state index in [1.807, 2.05) is 24.3 Å². The molecule has 1 fully saturated rings. The van der Waals surface area contributed by atoms with Crippen molar-refractivity contribution >= 4 is 17.6 Å². The van der Waals surface area contributed by atoms with E-state index in [-0.39, 0.29) is 12.6 Å². The van der Waals surface area contributed by atoms with Crippen LogP contribution in [0.3, 0.4) is 0 Å². The molecule has 0 saturated heterocycles. The number of nitrogens with zero attached hydrogens (tertiary/aromatic N) is 1. The molecular formula is C16H22ClNO2. The lowest BCUT2D eigenvalue weighted by atomic mass is 10.0. The molecule has 4 heteroatoms. The van der Waals surface area contributed by atoms with E-state index in [1.54, 1.807) is 0 Å². The van der Waals surface area contributed by atoms with Gasteiger partial charge in [-0.3, -0.25) is 9.69 Å². The van der Waals surface area contributed by atoms with Gasteiger partial charge in [-0.2, -0.15) is 0 Å². The van der Waals surface area contributed by atoms with Crippen LogP contribution in [0.15, 0.2) is 24.3 Å². The third kappa shape index (κ3) is 4.22. The van der Waals surface area contributed by atoms with Crippen molar-refractivity contribution in [3.05, 3.63) is 34.9 Å². The summed E-state index contributed by atoms with van der Waals surface area (Å²) in [7, 11) is 0. The lowest BCUT2D eigenvalue weighted by Gasteiger charge is -2.33. The number of aliphatic carboxylic acids is 1. The maximum absolute atomic E-state index is 11.1. The predicted octanol–water partition coefficient (Wildman–Crippen LogP) is 3.60. The number of carboxylic acids is 1. The van der Waals surface area contributed by atoms with E-state index in [2.05, 4.69) is 11.8 Å². The zero-order valence-corrected chi connectivity index (χ0v) is 12.6. The third-order valence-electron chi connectivity index (χ3n) is 4.12. The summed E-state index contributed by atoms with van der Waals surface area (Å²) in [5.74, 6) is -0.736. The van der Waals surface area contributed by atoms with Crippen molar-refractivity contribution in [2.24, 2.45) is 0 Å². The Balaban J connectivity index is 2.03. The molecule has 0 spiro atoms. The molecule has 110 valence electrons. The molecule has 1 aromatic carbocycles. The minimum absolute atomic E-state index is 0.138. The first kappa shape index (κ1) is 15.3. The zero-order valence-electron chi connectivity index (χ0n) is 11.9. The molecule has 1 unspecified atom stereocenters. The Morgan fingerprint density at radius 2 is 1.95 bits per heavy atom. The first-order valence-corrected chi connectivity index (χ1v) is 7.66. The van der Waals surface area contributed by atoms with Crippen LogP contribution in [0.25, 0.3) is 0 Å². The molecule has 0 radical (unpaired) electrons. The van der Waals surface area contributed by atoms with E-state index in [4.69, 9.17) is 16.7 Å². The average Bonchev–Trinajstić information content (AvgIpc) is 2.92. The minimum Gasteiger partial charge on any atom is -0.480 e. The van der Waals surface area contributed by atoms with Crippen LogP contribution in [0.1, 0.15) is 38.2 Å². The first-order chi connectivity index (χ1) is 9.56. The van der Waals surface area contributed by atoms with Crippen LogP contribution in [-0.2, 0) is 11.2 Å². The molecule has 0 heterocycles. The first-order valence-electron chi connectivity index (χ1n) is 7.28. The summed E-state index contributed by atoms with van der Waals surface area (Å²) in [6, 6.07) is 8.48. The Kier molecular flexibility index (Phi) is 5.44. The van der Waals surface area contributed by atoms with Gasteiger partial charge in [-0.1, -0.05) is 36.6 Å². The van der Waals surface area contributed by atoms with Crippen molar-refractivity contribution < 1.29 is 9.90 Å². The quantitative estimate of drug-likeness (QED) is 0.872. The summed E-state index contributed by atoms with van der Waals surface area (Å²) < 4.78 is 0. The Morgan fingerprint density at radius 3 is 2.50 bits per heavy atom. The van der Waals surface area contributed by atoms with Gasteiger partial charge in [-0.05, 0) is 43.9 Å². The number of rotatable bonds is 6. The van der Waals surface area contributed by atoms with Crippen LogP contribution in [0.5, 0.6) is 0 Å². The predicted molar refractivity (Wildman–Crippen MR) is 81.2 cm³/mol. The van der Waals surface area contributed by atoms with Crippen LogP contribution >= 0.6 is 11.6 Å². The Morgan fingerprint density at radius 1 is 1.35 bits per heavy atom. The highest BCUT2D eigenvalue weighted by Crippen LogP contribution is 2.26. The molecule has 0 amide bonds. The van der Waals surface area contributed by atoms with Crippen LogP contribution in [-0.4, -0.2) is 34.6 Å². The highest BCUT2D eigenvalue weighted by atomic mass is 35.5. The summed E-state index contributed by atoms with van der Waals surface area (Å²) in [5, 5.41) is 9.87. The minimum atomic E-state index is -0.736. The fourth-order valence-electron chi connectivity index (χ4n) is 3.12. The number of carbonyl (C=O) groups is 1. The fourth-order valence-corrected chi connectivity index (χ4v) is 3.24. The largest absolute Gasteiger partial charge is 0.480 e. The van der Waals surface area contributed by atoms with E-state index in [9.17, 15) is 4.79 Å². The third-order valence-corrected chi connectivity index (χ3v) is 4.37. The Labute approximate surface area is 125 Å². The second-order valence-corrected chi connectivity index (χ2v) is 6.12. The van der Waals surface area contributed by atoms with Crippen molar-refractivity contribution in [2.75, 3.05) is 6.54 Å². The van der Waals surface area contributed by atoms with Crippen LogP contribution in [0, 0.1) is 0 Å². The van der Waals surface area contributed by atoms with Crippen molar-refractivity contribution in [1.29, 1.82) is 0 Å². The summed E-state index contributed by atoms with van der Waals surface area (Å²) in [6.45, 7) is 2.26. The topological polar surface area (TPSA) is 40.5 Å². The second-order valence-electron chi connectivity index (χ2n) is 5.68. The molecule has 0 aliphatic heterocycles. The molecule has 1 saturated carbocycles. The molecule has 1 aromatic rings. The molecule has 20 heavy (non-hydrogen) atoms. The van der Waals surface area contributed by atoms with Gasteiger partial charge in [0, 0.05) is 17.1 Å². The van der Waals surface area contributed by atoms with Crippen molar-refractivity contribution in [1.82, 2.24) is 4.90 Å². The number of benzene rings is 1. The van der Waals surface area contributed by atoms with E-state index in [0.717, 1.165) is 24.3 Å². The van der Waals surface area contributed by atoms with E-state index < -0.39 is 5.97 Å². The van der Waals surface area contributed by atoms with Gasteiger partial charge in [0.2, 0.25) is 0 Å². The summed E-state index contributed by atoms with van der Waals surface area (Å²) in [4.78, 5) is 13.3. The molecule has 1 aliphatic rings. The smallest absolute Gasteiger partial charge is 0.317 e. The second kappa shape index (κ2) is 7.09. The number of halogens is 1. The molecule has 1 atom stereocenters. The van der Waals surface area contributed by atoms with Crippen molar-refractivity contribution in [3.8, 4) is 0 Å². The number of hydrogen-bond acceptors (Lipinski definition) is 2. The van der Waals surface area contributed by atoms with Crippen molar-refractivity contribution in [3.63, 3.8) is 0 Å². The zero-order chi connectivity index (χ0) is 14.5. The normalized spacial score (nSPS) is 17.6. The maximum atomic E-state index is 11.1. The highest BCUT2D eigenvalue weighted by Gasteiger charge is 2.28. The lowest BCUT2D eigenvalue weighted by molar-refractivity contribution is -0.139. The molecule has 2 rings (SSSR count). The van der Waals surface area contributed by atoms with Gasteiger partial charge >= 0.3 is 5.97 Å². The summed E-state index contributed by atoms with van der Waals surface area (Å²) in [6.07, 6.45) is 5.54. The van der Waals surface area contributed by atoms with Gasteiger partial charge in [0.05, 0.1) is 6.54 Å². The standard InChI is InChI=1S/C16H22ClNO2/c1-12(10-13-6-8-14(17)9-7-13)18(11-16(19)20)15-4-2-3-5-15/h6-9,12,15H,2-5,10-11H2,1H3,(H,19,20). The lowest BCUT2D eigenvalue weighted by Crippen LogP contribution is -2.44. The van der Waals surface area contributed by atoms with Crippen LogP contribution < -0.4 is 0 Å². The summed E-state index contributed by atoms with van der Waals surface area (Å²) in [5.41, 5.74) is 1.20. The van der Waals surface area contributed by atoms with Crippen LogP contribution in [0.2, 0.25) is 5.02 Å². The van der Waals surface area contributed by atoms with Gasteiger partial charge in [0.1, 0.15) is 0 Å². The number of hydrogen-bond donors (Lipinski definition) is 1. The molecule has 0 aromatic heterocycles. The van der Waals surface area contributed by atoms with E-state index in [0.29, 0.717) is 6.04 Å².